The number of nitrogens with two attached hydrogens (primary N) is 1. The lowest BCUT2D eigenvalue weighted by molar-refractivity contribution is -0.115. The molecule has 3 aromatic carbocycles. The Kier molecular flexibility index (Phi) is 7.30. The molecule has 7 heteroatoms. The molecule has 0 fully saturated rings. The summed E-state index contributed by atoms with van der Waals surface area (Å²) >= 11 is 1.28. The van der Waals surface area contributed by atoms with E-state index in [4.69, 9.17) is 5.73 Å². The summed E-state index contributed by atoms with van der Waals surface area (Å²) in [6.45, 7) is 2.06. The van der Waals surface area contributed by atoms with Gasteiger partial charge in [0.25, 0.3) is 0 Å². The molecule has 0 saturated heterocycles. The molecule has 0 aliphatic carbocycles. The summed E-state index contributed by atoms with van der Waals surface area (Å²) in [6, 6.07) is 25.7. The number of carbonyl (C=O) groups excluding carboxylic acids is 1. The van der Waals surface area contributed by atoms with Gasteiger partial charge in [-0.05, 0) is 40.5 Å². The van der Waals surface area contributed by atoms with Crippen molar-refractivity contribution < 1.29 is 4.79 Å². The summed E-state index contributed by atoms with van der Waals surface area (Å²) in [6.07, 6.45) is 1.11. The molecule has 35 heavy (non-hydrogen) atoms. The van der Waals surface area contributed by atoms with Gasteiger partial charge in [0.1, 0.15) is 28.5 Å². The van der Waals surface area contributed by atoms with Crippen molar-refractivity contribution >= 4 is 39.9 Å². The van der Waals surface area contributed by atoms with Crippen LogP contribution in [-0.4, -0.2) is 16.6 Å². The molecule has 0 saturated carbocycles. The van der Waals surface area contributed by atoms with Gasteiger partial charge >= 0.3 is 0 Å². The lowest BCUT2D eigenvalue weighted by Gasteiger charge is -2.13. The second-order valence-corrected chi connectivity index (χ2v) is 8.99. The highest BCUT2D eigenvalue weighted by Crippen LogP contribution is 2.36. The van der Waals surface area contributed by atoms with Crippen molar-refractivity contribution in [1.29, 1.82) is 10.5 Å². The third-order valence-corrected chi connectivity index (χ3v) is 6.64. The molecule has 4 aromatic rings. The number of nitrogens with one attached hydrogen (secondary N) is 1. The highest BCUT2D eigenvalue weighted by atomic mass is 32.2. The minimum Gasteiger partial charge on any atom is -0.383 e. The van der Waals surface area contributed by atoms with Crippen molar-refractivity contribution in [3.05, 3.63) is 83.4 Å². The van der Waals surface area contributed by atoms with Gasteiger partial charge in [-0.2, -0.15) is 10.5 Å². The number of nitriles is 2. The first-order chi connectivity index (χ1) is 17.0. The lowest BCUT2D eigenvalue weighted by Crippen LogP contribution is -2.12. The Morgan fingerprint density at radius 3 is 2.40 bits per heavy atom. The molecule has 3 N–H and O–H groups in total. The summed E-state index contributed by atoms with van der Waals surface area (Å²) < 4.78 is 0. The number of aromatic nitrogens is 1. The van der Waals surface area contributed by atoms with E-state index in [0.717, 1.165) is 34.0 Å². The average molecular weight is 478 g/mol. The van der Waals surface area contributed by atoms with Gasteiger partial charge in [0, 0.05) is 23.4 Å². The summed E-state index contributed by atoms with van der Waals surface area (Å²) in [5.41, 5.74) is 9.67. The molecule has 0 aliphatic heterocycles. The number of rotatable bonds is 7. The maximum absolute atomic E-state index is 12.5. The predicted molar refractivity (Wildman–Crippen MR) is 141 cm³/mol. The van der Waals surface area contributed by atoms with E-state index in [1.807, 2.05) is 66.7 Å². The Morgan fingerprint density at radius 2 is 1.71 bits per heavy atom. The highest BCUT2D eigenvalue weighted by molar-refractivity contribution is 7.99. The third kappa shape index (κ3) is 5.27. The molecule has 0 spiro atoms. The molecule has 1 heterocycles. The predicted octanol–water partition coefficient (Wildman–Crippen LogP) is 5.91. The van der Waals surface area contributed by atoms with Gasteiger partial charge in [-0.15, -0.1) is 11.8 Å². The van der Waals surface area contributed by atoms with Crippen LogP contribution in [0, 0.1) is 22.7 Å². The number of carbonyl (C=O) groups is 1. The van der Waals surface area contributed by atoms with E-state index < -0.39 is 0 Å². The van der Waals surface area contributed by atoms with Crippen molar-refractivity contribution in [3.63, 3.8) is 0 Å². The number of amides is 1. The zero-order valence-electron chi connectivity index (χ0n) is 19.2. The number of hydrogen-bond donors (Lipinski definition) is 2. The Hall–Kier alpha value is -4.33. The molecule has 1 aromatic heterocycles. The first-order valence-corrected chi connectivity index (χ1v) is 12.2. The number of hydrogen-bond acceptors (Lipinski definition) is 6. The van der Waals surface area contributed by atoms with Gasteiger partial charge in [0.05, 0.1) is 5.56 Å². The number of nitrogen functional groups attached to an aromatic ring is 1. The number of fused-ring (bicyclic) bond motifs is 1. The maximum Gasteiger partial charge on any atom is 0.225 e. The molecule has 0 radical (unpaired) electrons. The minimum absolute atomic E-state index is 0.0733. The number of nitrogens with zero attached hydrogens (tertiary/aromatic N) is 3. The van der Waals surface area contributed by atoms with Crippen LogP contribution in [0.5, 0.6) is 0 Å². The van der Waals surface area contributed by atoms with Crippen molar-refractivity contribution in [2.45, 2.75) is 24.8 Å². The smallest absolute Gasteiger partial charge is 0.225 e. The summed E-state index contributed by atoms with van der Waals surface area (Å²) in [4.78, 5) is 16.8. The fourth-order valence-corrected chi connectivity index (χ4v) is 4.77. The number of pyridine rings is 1. The summed E-state index contributed by atoms with van der Waals surface area (Å²) in [5, 5.41) is 25.1. The van der Waals surface area contributed by atoms with Gasteiger partial charge in [-0.3, -0.25) is 4.79 Å². The van der Waals surface area contributed by atoms with Crippen LogP contribution in [0.2, 0.25) is 0 Å². The molecule has 0 bridgehead atoms. The standard InChI is InChI=1S/C28H23N5OS/c1-2-18-7-9-20(10-8-18)26-23(16-29)27(31)33-28(24(26)17-30)35-14-13-25(34)32-22-12-11-19-5-3-4-6-21(19)15-22/h3-12,15H,2,13-14H2,1H3,(H2,31,33)(H,32,34). The second-order valence-electron chi connectivity index (χ2n) is 7.91. The van der Waals surface area contributed by atoms with Gasteiger partial charge in [0.15, 0.2) is 0 Å². The van der Waals surface area contributed by atoms with E-state index in [9.17, 15) is 15.3 Å². The number of anilines is 2. The molecule has 172 valence electrons. The first-order valence-electron chi connectivity index (χ1n) is 11.2. The van der Waals surface area contributed by atoms with Crippen LogP contribution in [0.15, 0.2) is 71.8 Å². The largest absolute Gasteiger partial charge is 0.383 e. The topological polar surface area (TPSA) is 116 Å². The summed E-state index contributed by atoms with van der Waals surface area (Å²) in [7, 11) is 0. The Labute approximate surface area is 208 Å². The monoisotopic (exact) mass is 477 g/mol. The van der Waals surface area contributed by atoms with Gasteiger partial charge in [0.2, 0.25) is 5.91 Å². The van der Waals surface area contributed by atoms with Gasteiger partial charge in [-0.1, -0.05) is 61.5 Å². The van der Waals surface area contributed by atoms with E-state index in [2.05, 4.69) is 29.4 Å². The van der Waals surface area contributed by atoms with Crippen LogP contribution >= 0.6 is 11.8 Å². The molecular formula is C28H23N5OS. The normalized spacial score (nSPS) is 10.5. The van der Waals surface area contributed by atoms with Crippen LogP contribution in [0.25, 0.3) is 21.9 Å². The van der Waals surface area contributed by atoms with Crippen LogP contribution in [0.3, 0.4) is 0 Å². The fraction of sp³-hybridized carbons (Fsp3) is 0.143. The average Bonchev–Trinajstić information content (AvgIpc) is 2.88. The van der Waals surface area contributed by atoms with Crippen molar-refractivity contribution in [2.24, 2.45) is 0 Å². The highest BCUT2D eigenvalue weighted by Gasteiger charge is 2.20. The zero-order chi connectivity index (χ0) is 24.8. The maximum atomic E-state index is 12.5. The molecule has 4 rings (SSSR count). The van der Waals surface area contributed by atoms with Crippen LogP contribution in [0.4, 0.5) is 11.5 Å². The quantitative estimate of drug-likeness (QED) is 0.320. The van der Waals surface area contributed by atoms with Crippen molar-refractivity contribution in [2.75, 3.05) is 16.8 Å². The Bertz CT molecular complexity index is 1480. The van der Waals surface area contributed by atoms with E-state index in [0.29, 0.717) is 21.9 Å². The number of aryl methyl sites for hydroxylation is 1. The minimum atomic E-state index is -0.136. The molecule has 6 nitrogen and oxygen atoms in total. The van der Waals surface area contributed by atoms with E-state index >= 15 is 0 Å². The molecule has 0 aliphatic rings. The Morgan fingerprint density at radius 1 is 1.00 bits per heavy atom. The Balaban J connectivity index is 1.51. The van der Waals surface area contributed by atoms with Gasteiger partial charge in [-0.25, -0.2) is 4.98 Å². The SMILES string of the molecule is CCc1ccc(-c2c(C#N)c(N)nc(SCCC(=O)Nc3ccc4ccccc4c3)c2C#N)cc1. The zero-order valence-corrected chi connectivity index (χ0v) is 20.0. The molecule has 0 atom stereocenters. The molecular weight excluding hydrogens is 454 g/mol. The first kappa shape index (κ1) is 23.8. The molecule has 0 unspecified atom stereocenters. The lowest BCUT2D eigenvalue weighted by atomic mass is 9.96. The summed E-state index contributed by atoms with van der Waals surface area (Å²) in [5.74, 6) is 0.341. The van der Waals surface area contributed by atoms with Crippen molar-refractivity contribution in [1.82, 2.24) is 4.98 Å². The van der Waals surface area contributed by atoms with Crippen LogP contribution in [-0.2, 0) is 11.2 Å². The van der Waals surface area contributed by atoms with Crippen molar-refractivity contribution in [3.8, 4) is 23.3 Å². The van der Waals surface area contributed by atoms with E-state index in [1.54, 1.807) is 0 Å². The van der Waals surface area contributed by atoms with E-state index in [1.165, 1.54) is 11.8 Å². The van der Waals surface area contributed by atoms with Crippen LogP contribution < -0.4 is 11.1 Å². The van der Waals surface area contributed by atoms with E-state index in [-0.39, 0.29) is 23.7 Å². The third-order valence-electron chi connectivity index (χ3n) is 5.67. The number of benzene rings is 3. The second kappa shape index (κ2) is 10.7. The molecule has 1 amide bonds. The fourth-order valence-electron chi connectivity index (χ4n) is 3.83. The van der Waals surface area contributed by atoms with Crippen LogP contribution in [0.1, 0.15) is 30.0 Å². The number of thioether (sulfide) groups is 1. The van der Waals surface area contributed by atoms with Gasteiger partial charge < -0.3 is 11.1 Å².